The van der Waals surface area contributed by atoms with E-state index in [4.69, 9.17) is 11.6 Å². The van der Waals surface area contributed by atoms with Crippen molar-refractivity contribution in [3.8, 4) is 12.1 Å². The normalized spacial score (nSPS) is 15.3. The van der Waals surface area contributed by atoms with Gasteiger partial charge in [0.2, 0.25) is 0 Å². The van der Waals surface area contributed by atoms with Crippen molar-refractivity contribution < 1.29 is 1.37 Å². The van der Waals surface area contributed by atoms with Crippen molar-refractivity contribution in [1.82, 2.24) is 20.0 Å². The van der Waals surface area contributed by atoms with Crippen LogP contribution in [0.4, 0.5) is 11.4 Å². The SMILES string of the molecule is [2H][C@](Nc1cc(Cl)c2ncc(C#N)c(NCC(C)(C)C)c2c1)(c1cn(C2CC2)nn1)c1cccc(C#N)c1C. The van der Waals surface area contributed by atoms with Crippen molar-refractivity contribution in [2.45, 2.75) is 52.6 Å². The Labute approximate surface area is 228 Å². The molecule has 192 valence electrons. The van der Waals surface area contributed by atoms with E-state index < -0.39 is 6.02 Å². The third-order valence-electron chi connectivity index (χ3n) is 6.52. The van der Waals surface area contributed by atoms with Crippen LogP contribution < -0.4 is 10.6 Å². The summed E-state index contributed by atoms with van der Waals surface area (Å²) in [4.78, 5) is 4.45. The minimum Gasteiger partial charge on any atom is -0.383 e. The summed E-state index contributed by atoms with van der Waals surface area (Å²) < 4.78 is 11.5. The number of anilines is 2. The van der Waals surface area contributed by atoms with Gasteiger partial charge < -0.3 is 10.6 Å². The molecule has 2 N–H and O–H groups in total. The summed E-state index contributed by atoms with van der Waals surface area (Å²) in [5.41, 5.74) is 4.24. The van der Waals surface area contributed by atoms with Gasteiger partial charge >= 0.3 is 0 Å². The van der Waals surface area contributed by atoms with Crippen LogP contribution in [0.5, 0.6) is 0 Å². The summed E-state index contributed by atoms with van der Waals surface area (Å²) in [5.74, 6) is 0. The molecule has 5 rings (SSSR count). The molecule has 0 aliphatic heterocycles. The van der Waals surface area contributed by atoms with Crippen LogP contribution in [-0.2, 0) is 0 Å². The van der Waals surface area contributed by atoms with Crippen LogP contribution in [0.1, 0.15) is 75.0 Å². The summed E-state index contributed by atoms with van der Waals surface area (Å²) in [6.45, 7) is 8.78. The van der Waals surface area contributed by atoms with E-state index in [2.05, 4.69) is 58.8 Å². The fraction of sp³-hybridized carbons (Fsp3) is 0.345. The van der Waals surface area contributed by atoms with Gasteiger partial charge in [0.05, 0.1) is 53.1 Å². The number of aromatic nitrogens is 4. The fourth-order valence-corrected chi connectivity index (χ4v) is 4.58. The molecular formula is C29H29ClN8. The first-order valence-corrected chi connectivity index (χ1v) is 12.9. The van der Waals surface area contributed by atoms with Crippen LogP contribution in [0.25, 0.3) is 10.9 Å². The molecule has 8 nitrogen and oxygen atoms in total. The lowest BCUT2D eigenvalue weighted by Crippen LogP contribution is -2.20. The molecule has 0 bridgehead atoms. The number of halogens is 1. The maximum atomic E-state index is 9.81. The van der Waals surface area contributed by atoms with Crippen LogP contribution in [0.3, 0.4) is 0 Å². The summed E-state index contributed by atoms with van der Waals surface area (Å²) in [6, 6.07) is 12.0. The largest absolute Gasteiger partial charge is 0.383 e. The van der Waals surface area contributed by atoms with E-state index in [0.29, 0.717) is 67.8 Å². The highest BCUT2D eigenvalue weighted by Crippen LogP contribution is 2.38. The van der Waals surface area contributed by atoms with Crippen LogP contribution >= 0.6 is 11.6 Å². The third kappa shape index (κ3) is 5.14. The minimum atomic E-state index is -1.58. The van der Waals surface area contributed by atoms with Crippen molar-refractivity contribution in [3.63, 3.8) is 0 Å². The Balaban J connectivity index is 1.67. The van der Waals surface area contributed by atoms with Crippen LogP contribution in [0.2, 0.25) is 5.02 Å². The van der Waals surface area contributed by atoms with Crippen LogP contribution in [0.15, 0.2) is 42.7 Å². The minimum absolute atomic E-state index is 0.0328. The van der Waals surface area contributed by atoms with E-state index in [1.54, 1.807) is 29.1 Å². The number of nitriles is 2. The topological polar surface area (TPSA) is 115 Å². The molecule has 1 saturated carbocycles. The van der Waals surface area contributed by atoms with Crippen molar-refractivity contribution in [1.29, 1.82) is 10.5 Å². The second-order valence-corrected chi connectivity index (χ2v) is 11.2. The van der Waals surface area contributed by atoms with Gasteiger partial charge in [0.15, 0.2) is 0 Å². The number of nitrogens with one attached hydrogen (secondary N) is 2. The second-order valence-electron chi connectivity index (χ2n) is 10.8. The van der Waals surface area contributed by atoms with Gasteiger partial charge in [-0.1, -0.05) is 49.7 Å². The first kappa shape index (κ1) is 24.2. The Morgan fingerprint density at radius 1 is 1.21 bits per heavy atom. The van der Waals surface area contributed by atoms with E-state index in [1.165, 1.54) is 6.20 Å². The molecule has 0 amide bonds. The molecular weight excluding hydrogens is 496 g/mol. The van der Waals surface area contributed by atoms with Crippen LogP contribution in [0, 0.1) is 35.0 Å². The van der Waals surface area contributed by atoms with Crippen molar-refractivity contribution >= 4 is 33.9 Å². The monoisotopic (exact) mass is 525 g/mol. The summed E-state index contributed by atoms with van der Waals surface area (Å²) in [7, 11) is 0. The number of pyridine rings is 1. The van der Waals surface area contributed by atoms with Gasteiger partial charge in [-0.2, -0.15) is 10.5 Å². The first-order valence-electron chi connectivity index (χ1n) is 13.0. The van der Waals surface area contributed by atoms with E-state index in [9.17, 15) is 11.9 Å². The summed E-state index contributed by atoms with van der Waals surface area (Å²) in [6.07, 6.45) is 5.38. The van der Waals surface area contributed by atoms with E-state index in [-0.39, 0.29) is 5.41 Å². The molecule has 0 saturated heterocycles. The predicted octanol–water partition coefficient (Wildman–Crippen LogP) is 6.53. The molecule has 0 spiro atoms. The maximum absolute atomic E-state index is 9.81. The number of fused-ring (bicyclic) bond motifs is 1. The Bertz CT molecular complexity index is 1660. The molecule has 4 aromatic rings. The molecule has 9 heteroatoms. The molecule has 0 radical (unpaired) electrons. The molecule has 1 fully saturated rings. The molecule has 2 aromatic heterocycles. The number of rotatable bonds is 7. The summed E-state index contributed by atoms with van der Waals surface area (Å²) in [5, 5.41) is 36.0. The average molecular weight is 526 g/mol. The molecule has 0 unspecified atom stereocenters. The van der Waals surface area contributed by atoms with Crippen molar-refractivity contribution in [2.24, 2.45) is 5.41 Å². The highest BCUT2D eigenvalue weighted by atomic mass is 35.5. The molecule has 1 aliphatic rings. The molecule has 1 aliphatic carbocycles. The Kier molecular flexibility index (Phi) is 6.35. The predicted molar refractivity (Wildman–Crippen MR) is 149 cm³/mol. The van der Waals surface area contributed by atoms with Crippen molar-refractivity contribution in [3.05, 3.63) is 75.7 Å². The highest BCUT2D eigenvalue weighted by molar-refractivity contribution is 6.35. The first-order chi connectivity index (χ1) is 18.5. The number of nitrogens with zero attached hydrogens (tertiary/aromatic N) is 6. The van der Waals surface area contributed by atoms with Crippen LogP contribution in [-0.4, -0.2) is 26.5 Å². The Hall–Kier alpha value is -4.14. The number of hydrogen-bond acceptors (Lipinski definition) is 7. The molecule has 2 aromatic carbocycles. The van der Waals surface area contributed by atoms with Gasteiger partial charge in [0.25, 0.3) is 0 Å². The van der Waals surface area contributed by atoms with Gasteiger partial charge in [-0.05, 0) is 54.5 Å². The number of benzene rings is 2. The standard InChI is InChI=1S/C29H29ClN8/c1-17-18(12-31)6-5-7-22(17)28(25-15-38(37-36-25)21-8-9-21)35-20-10-23-26(34-16-29(2,3)4)19(13-32)14-33-27(23)24(30)11-20/h5-7,10-11,14-15,21,28,35H,8-9,16H2,1-4H3,(H,33,34)/t28-/m1/s1/i28D. The lowest BCUT2D eigenvalue weighted by Gasteiger charge is -2.23. The number of hydrogen-bond donors (Lipinski definition) is 2. The van der Waals surface area contributed by atoms with E-state index >= 15 is 0 Å². The second kappa shape index (κ2) is 9.96. The fourth-order valence-electron chi connectivity index (χ4n) is 4.31. The zero-order chi connectivity index (χ0) is 27.9. The van der Waals surface area contributed by atoms with Gasteiger partial charge in [-0.25, -0.2) is 4.68 Å². The average Bonchev–Trinajstić information content (AvgIpc) is 3.62. The summed E-state index contributed by atoms with van der Waals surface area (Å²) >= 11 is 6.72. The lowest BCUT2D eigenvalue weighted by molar-refractivity contribution is 0.443. The molecule has 2 heterocycles. The van der Waals surface area contributed by atoms with Gasteiger partial charge in [0, 0.05) is 23.8 Å². The van der Waals surface area contributed by atoms with Crippen molar-refractivity contribution in [2.75, 3.05) is 17.2 Å². The van der Waals surface area contributed by atoms with E-state index in [0.717, 1.165) is 12.8 Å². The zero-order valence-electron chi connectivity index (χ0n) is 22.8. The van der Waals surface area contributed by atoms with Gasteiger partial charge in [-0.3, -0.25) is 4.98 Å². The quantitative estimate of drug-likeness (QED) is 0.282. The smallest absolute Gasteiger partial charge is 0.109 e. The highest BCUT2D eigenvalue weighted by Gasteiger charge is 2.28. The third-order valence-corrected chi connectivity index (χ3v) is 6.81. The van der Waals surface area contributed by atoms with E-state index in [1.807, 2.05) is 19.1 Å². The van der Waals surface area contributed by atoms with Gasteiger partial charge in [-0.15, -0.1) is 5.10 Å². The van der Waals surface area contributed by atoms with Gasteiger partial charge in [0.1, 0.15) is 11.8 Å². The maximum Gasteiger partial charge on any atom is 0.109 e. The Morgan fingerprint density at radius 2 is 1.97 bits per heavy atom. The molecule has 1 atom stereocenters. The Morgan fingerprint density at radius 3 is 2.66 bits per heavy atom. The zero-order valence-corrected chi connectivity index (χ0v) is 22.6. The molecule has 38 heavy (non-hydrogen) atoms. The lowest BCUT2D eigenvalue weighted by atomic mass is 9.95.